The van der Waals surface area contributed by atoms with Crippen LogP contribution in [0, 0.1) is 6.92 Å². The van der Waals surface area contributed by atoms with Crippen LogP contribution in [0.25, 0.3) is 0 Å². The number of piperazine rings is 1. The van der Waals surface area contributed by atoms with Crippen molar-refractivity contribution in [2.75, 3.05) is 62.2 Å². The molecule has 0 aliphatic carbocycles. The number of carbonyl (C=O) groups excluding carboxylic acids is 2. The van der Waals surface area contributed by atoms with Crippen LogP contribution >= 0.6 is 0 Å². The molecule has 0 radical (unpaired) electrons. The van der Waals surface area contributed by atoms with E-state index in [0.29, 0.717) is 45.8 Å². The van der Waals surface area contributed by atoms with Gasteiger partial charge in [-0.2, -0.15) is 18.2 Å². The average molecular weight is 529 g/mol. The van der Waals surface area contributed by atoms with Crippen LogP contribution in [0.2, 0.25) is 0 Å². The normalized spacial score (nSPS) is 21.0. The quantitative estimate of drug-likeness (QED) is 0.576. The molecular formula is C24H35F3N6O4. The van der Waals surface area contributed by atoms with Gasteiger partial charge in [0, 0.05) is 57.4 Å². The summed E-state index contributed by atoms with van der Waals surface area (Å²) < 4.78 is 52.1. The first-order valence-corrected chi connectivity index (χ1v) is 12.6. The highest BCUT2D eigenvalue weighted by molar-refractivity contribution is 5.78. The van der Waals surface area contributed by atoms with Gasteiger partial charge in [-0.15, -0.1) is 0 Å². The van der Waals surface area contributed by atoms with Crippen LogP contribution in [0.3, 0.4) is 0 Å². The van der Waals surface area contributed by atoms with Crippen LogP contribution in [0.1, 0.15) is 45.4 Å². The van der Waals surface area contributed by atoms with E-state index in [-0.39, 0.29) is 42.0 Å². The SMILES string of the molecule is Cc1c(N2CC(OCC(=O)N3CCN(C(=O)OC(C)(C)C)CC3)C2)nc(N2CC[C@@H]2C)nc1C(F)(F)F. The lowest BCUT2D eigenvalue weighted by Gasteiger charge is -2.43. The topological polar surface area (TPSA) is 91.3 Å². The fraction of sp³-hybridized carbons (Fsp3) is 0.750. The molecule has 4 heterocycles. The summed E-state index contributed by atoms with van der Waals surface area (Å²) in [5.74, 6) is 0.159. The van der Waals surface area contributed by atoms with Gasteiger partial charge in [0.05, 0.1) is 6.10 Å². The first kappa shape index (κ1) is 27.2. The Morgan fingerprint density at radius 2 is 1.62 bits per heavy atom. The van der Waals surface area contributed by atoms with Crippen molar-refractivity contribution in [2.45, 2.75) is 65.0 Å². The third-order valence-corrected chi connectivity index (χ3v) is 6.83. The average Bonchev–Trinajstić information content (AvgIpc) is 2.76. The Hall–Kier alpha value is -2.83. The highest BCUT2D eigenvalue weighted by Gasteiger charge is 2.41. The highest BCUT2D eigenvalue weighted by Crippen LogP contribution is 2.37. The molecule has 0 bridgehead atoms. The minimum Gasteiger partial charge on any atom is -0.444 e. The Balaban J connectivity index is 1.28. The maximum Gasteiger partial charge on any atom is 0.433 e. The van der Waals surface area contributed by atoms with Crippen molar-refractivity contribution >= 4 is 23.8 Å². The zero-order chi connectivity index (χ0) is 27.1. The molecule has 13 heteroatoms. The molecule has 2 amide bonds. The zero-order valence-corrected chi connectivity index (χ0v) is 22.0. The van der Waals surface area contributed by atoms with E-state index in [4.69, 9.17) is 9.47 Å². The standard InChI is InChI=1S/C24H35F3N6O4/c1-15-6-7-33(15)21-28-19(24(25,26)27)16(2)20(29-21)32-12-17(13-32)36-14-18(34)30-8-10-31(11-9-30)22(35)37-23(3,4)5/h15,17H,6-14H2,1-5H3/t15-/m0/s1. The van der Waals surface area contributed by atoms with Crippen LogP contribution < -0.4 is 9.80 Å². The molecule has 0 N–H and O–H groups in total. The number of carbonyl (C=O) groups is 2. The maximum atomic E-state index is 13.7. The Bertz CT molecular complexity index is 1020. The van der Waals surface area contributed by atoms with Crippen LogP contribution in [0.4, 0.5) is 29.7 Å². The van der Waals surface area contributed by atoms with Crippen LogP contribution in [-0.2, 0) is 20.4 Å². The molecule has 4 rings (SSSR count). The molecule has 206 valence electrons. The number of hydrogen-bond acceptors (Lipinski definition) is 8. The van der Waals surface area contributed by atoms with E-state index in [9.17, 15) is 22.8 Å². The first-order chi connectivity index (χ1) is 17.2. The number of nitrogens with zero attached hydrogens (tertiary/aromatic N) is 6. The Morgan fingerprint density at radius 3 is 2.14 bits per heavy atom. The van der Waals surface area contributed by atoms with Crippen molar-refractivity contribution in [1.82, 2.24) is 19.8 Å². The second-order valence-corrected chi connectivity index (χ2v) is 10.8. The monoisotopic (exact) mass is 528 g/mol. The summed E-state index contributed by atoms with van der Waals surface area (Å²) >= 11 is 0. The summed E-state index contributed by atoms with van der Waals surface area (Å²) in [5.41, 5.74) is -1.51. The second-order valence-electron chi connectivity index (χ2n) is 10.8. The van der Waals surface area contributed by atoms with Crippen LogP contribution in [0.15, 0.2) is 0 Å². The number of halogens is 3. The van der Waals surface area contributed by atoms with Gasteiger partial charge in [0.1, 0.15) is 18.0 Å². The number of aromatic nitrogens is 2. The molecule has 3 fully saturated rings. The minimum absolute atomic E-state index is 0.0122. The van der Waals surface area contributed by atoms with Crippen molar-refractivity contribution in [1.29, 1.82) is 0 Å². The van der Waals surface area contributed by atoms with Gasteiger partial charge in [-0.3, -0.25) is 4.79 Å². The molecule has 3 saturated heterocycles. The highest BCUT2D eigenvalue weighted by atomic mass is 19.4. The van der Waals surface area contributed by atoms with Gasteiger partial charge in [-0.05, 0) is 41.0 Å². The number of alkyl halides is 3. The molecule has 3 aliphatic rings. The summed E-state index contributed by atoms with van der Waals surface area (Å²) in [6, 6.07) is 0.0983. The third kappa shape index (κ3) is 6.19. The molecule has 0 unspecified atom stereocenters. The maximum absolute atomic E-state index is 13.7. The summed E-state index contributed by atoms with van der Waals surface area (Å²) in [5, 5.41) is 0. The molecule has 10 nitrogen and oxygen atoms in total. The van der Waals surface area contributed by atoms with Crippen molar-refractivity contribution in [3.8, 4) is 0 Å². The largest absolute Gasteiger partial charge is 0.444 e. The van der Waals surface area contributed by atoms with E-state index in [1.54, 1.807) is 40.4 Å². The molecule has 1 aromatic heterocycles. The van der Waals surface area contributed by atoms with Gasteiger partial charge < -0.3 is 29.1 Å². The Morgan fingerprint density at radius 1 is 1.00 bits per heavy atom. The number of hydrogen-bond donors (Lipinski definition) is 0. The first-order valence-electron chi connectivity index (χ1n) is 12.6. The Kier molecular flexibility index (Phi) is 7.46. The number of amides is 2. The van der Waals surface area contributed by atoms with Gasteiger partial charge in [0.25, 0.3) is 0 Å². The number of ether oxygens (including phenoxy) is 2. The van der Waals surface area contributed by atoms with E-state index in [2.05, 4.69) is 9.97 Å². The van der Waals surface area contributed by atoms with Crippen molar-refractivity contribution < 1.29 is 32.2 Å². The predicted molar refractivity (Wildman–Crippen MR) is 130 cm³/mol. The van der Waals surface area contributed by atoms with Crippen molar-refractivity contribution in [3.05, 3.63) is 11.3 Å². The van der Waals surface area contributed by atoms with Gasteiger partial charge in [-0.25, -0.2) is 9.78 Å². The molecule has 0 spiro atoms. The van der Waals surface area contributed by atoms with Gasteiger partial charge in [0.2, 0.25) is 11.9 Å². The van der Waals surface area contributed by atoms with E-state index < -0.39 is 23.6 Å². The summed E-state index contributed by atoms with van der Waals surface area (Å²) in [6.07, 6.45) is -4.38. The lowest BCUT2D eigenvalue weighted by Crippen LogP contribution is -2.55. The van der Waals surface area contributed by atoms with Gasteiger partial charge >= 0.3 is 12.3 Å². The van der Waals surface area contributed by atoms with Crippen LogP contribution in [-0.4, -0.2) is 102 Å². The fourth-order valence-electron chi connectivity index (χ4n) is 4.48. The van der Waals surface area contributed by atoms with E-state index in [1.165, 1.54) is 6.92 Å². The lowest BCUT2D eigenvalue weighted by molar-refractivity contribution is -0.142. The molecule has 1 aromatic rings. The van der Waals surface area contributed by atoms with Gasteiger partial charge in [0.15, 0.2) is 5.69 Å². The summed E-state index contributed by atoms with van der Waals surface area (Å²) in [4.78, 5) is 39.8. The second kappa shape index (κ2) is 10.1. The number of anilines is 2. The molecule has 0 saturated carbocycles. The molecule has 37 heavy (non-hydrogen) atoms. The van der Waals surface area contributed by atoms with Crippen LogP contribution in [0.5, 0.6) is 0 Å². The third-order valence-electron chi connectivity index (χ3n) is 6.83. The predicted octanol–water partition coefficient (Wildman–Crippen LogP) is 2.69. The van der Waals surface area contributed by atoms with Gasteiger partial charge in [-0.1, -0.05) is 0 Å². The molecule has 1 atom stereocenters. The number of rotatable bonds is 5. The lowest BCUT2D eigenvalue weighted by atomic mass is 10.1. The van der Waals surface area contributed by atoms with E-state index >= 15 is 0 Å². The Labute approximate surface area is 214 Å². The summed E-state index contributed by atoms with van der Waals surface area (Å²) in [6.45, 7) is 11.4. The molecular weight excluding hydrogens is 493 g/mol. The zero-order valence-electron chi connectivity index (χ0n) is 22.0. The minimum atomic E-state index is -4.58. The van der Waals surface area contributed by atoms with Crippen molar-refractivity contribution in [2.24, 2.45) is 0 Å². The smallest absolute Gasteiger partial charge is 0.433 e. The molecule has 3 aliphatic heterocycles. The summed E-state index contributed by atoms with van der Waals surface area (Å²) in [7, 11) is 0. The fourth-order valence-corrected chi connectivity index (χ4v) is 4.48. The van der Waals surface area contributed by atoms with Crippen molar-refractivity contribution in [3.63, 3.8) is 0 Å². The molecule has 0 aromatic carbocycles. The van der Waals surface area contributed by atoms with E-state index in [1.807, 2.05) is 6.92 Å². The van der Waals surface area contributed by atoms with E-state index in [0.717, 1.165) is 6.42 Å².